The van der Waals surface area contributed by atoms with E-state index in [9.17, 15) is 13.2 Å². The van der Waals surface area contributed by atoms with Crippen molar-refractivity contribution in [3.05, 3.63) is 47.1 Å². The molecule has 7 nitrogen and oxygen atoms in total. The third kappa shape index (κ3) is 3.21. The van der Waals surface area contributed by atoms with Crippen molar-refractivity contribution in [2.24, 2.45) is 0 Å². The van der Waals surface area contributed by atoms with Crippen LogP contribution in [0.25, 0.3) is 18.1 Å². The van der Waals surface area contributed by atoms with E-state index in [0.717, 1.165) is 6.20 Å². The quantitative estimate of drug-likeness (QED) is 0.732. The number of rotatable bonds is 3. The molecule has 0 bridgehead atoms. The molecular formula is C12H7ClF3N7. The lowest BCUT2D eigenvalue weighted by molar-refractivity contribution is -0.146. The van der Waals surface area contributed by atoms with Crippen LogP contribution in [-0.2, 0) is 6.18 Å². The second-order valence-corrected chi connectivity index (χ2v) is 4.66. The van der Waals surface area contributed by atoms with E-state index in [1.54, 1.807) is 30.6 Å². The summed E-state index contributed by atoms with van der Waals surface area (Å²) >= 11 is 6.00. The fourth-order valence-electron chi connectivity index (χ4n) is 1.72. The van der Waals surface area contributed by atoms with Crippen molar-refractivity contribution in [3.8, 4) is 5.82 Å². The summed E-state index contributed by atoms with van der Waals surface area (Å²) in [7, 11) is 0. The molecule has 0 aliphatic carbocycles. The van der Waals surface area contributed by atoms with Crippen LogP contribution in [0, 0.1) is 0 Å². The molecule has 0 aromatic carbocycles. The molecule has 0 unspecified atom stereocenters. The van der Waals surface area contributed by atoms with Gasteiger partial charge in [-0.25, -0.2) is 9.67 Å². The van der Waals surface area contributed by atoms with Gasteiger partial charge in [0.15, 0.2) is 5.82 Å². The van der Waals surface area contributed by atoms with Gasteiger partial charge in [0.25, 0.3) is 5.82 Å². The van der Waals surface area contributed by atoms with Gasteiger partial charge in [-0.1, -0.05) is 11.6 Å². The zero-order valence-electron chi connectivity index (χ0n) is 11.2. The van der Waals surface area contributed by atoms with Crippen LogP contribution >= 0.6 is 11.6 Å². The fraction of sp³-hybridized carbons (Fsp3) is 0.0833. The van der Waals surface area contributed by atoms with E-state index in [0.29, 0.717) is 21.2 Å². The van der Waals surface area contributed by atoms with Crippen LogP contribution in [0.5, 0.6) is 0 Å². The number of alkyl halides is 3. The molecule has 0 N–H and O–H groups in total. The number of tetrazole rings is 1. The lowest BCUT2D eigenvalue weighted by Crippen LogP contribution is -2.12. The van der Waals surface area contributed by atoms with Crippen molar-refractivity contribution in [1.29, 1.82) is 0 Å². The van der Waals surface area contributed by atoms with Gasteiger partial charge in [0.1, 0.15) is 0 Å². The molecule has 3 heterocycles. The Hall–Kier alpha value is -2.75. The van der Waals surface area contributed by atoms with E-state index >= 15 is 0 Å². The zero-order chi connectivity index (χ0) is 16.4. The first kappa shape index (κ1) is 15.2. The summed E-state index contributed by atoms with van der Waals surface area (Å²) in [5, 5.41) is 13.7. The standard InChI is InChI=1S/C12H7ClF3N7/c13-9-2-1-5-17-10(9)22-6-3-8(19-22)4-7-23-11(12(14,15)16)18-20-21-23/h1-7H/b7-4+. The Morgan fingerprint density at radius 1 is 1.22 bits per heavy atom. The normalized spacial score (nSPS) is 12.2. The van der Waals surface area contributed by atoms with E-state index in [-0.39, 0.29) is 0 Å². The van der Waals surface area contributed by atoms with Gasteiger partial charge in [0.05, 0.1) is 10.7 Å². The summed E-state index contributed by atoms with van der Waals surface area (Å²) in [6.07, 6.45) is 0.885. The van der Waals surface area contributed by atoms with Crippen LogP contribution in [0.3, 0.4) is 0 Å². The Morgan fingerprint density at radius 2 is 2.04 bits per heavy atom. The molecule has 0 saturated carbocycles. The minimum atomic E-state index is -4.64. The van der Waals surface area contributed by atoms with Crippen LogP contribution in [-0.4, -0.2) is 35.0 Å². The van der Waals surface area contributed by atoms with Gasteiger partial charge in [0, 0.05) is 18.6 Å². The highest BCUT2D eigenvalue weighted by Gasteiger charge is 2.37. The van der Waals surface area contributed by atoms with E-state index in [2.05, 4.69) is 25.6 Å². The lowest BCUT2D eigenvalue weighted by Gasteiger charge is -2.02. The summed E-state index contributed by atoms with van der Waals surface area (Å²) < 4.78 is 39.8. The van der Waals surface area contributed by atoms with E-state index in [1.807, 2.05) is 0 Å². The van der Waals surface area contributed by atoms with E-state index < -0.39 is 12.0 Å². The average Bonchev–Trinajstić information content (AvgIpc) is 3.14. The predicted octanol–water partition coefficient (Wildman–Crippen LogP) is 2.55. The highest BCUT2D eigenvalue weighted by atomic mass is 35.5. The lowest BCUT2D eigenvalue weighted by atomic mass is 10.4. The van der Waals surface area contributed by atoms with Gasteiger partial charge in [-0.15, -0.1) is 5.10 Å². The minimum absolute atomic E-state index is 0.385. The molecule has 3 rings (SSSR count). The van der Waals surface area contributed by atoms with E-state index in [4.69, 9.17) is 11.6 Å². The SMILES string of the molecule is FC(F)(F)c1nnnn1/C=C/c1ccn(-c2ncccc2Cl)n1. The van der Waals surface area contributed by atoms with Crippen molar-refractivity contribution in [3.63, 3.8) is 0 Å². The maximum atomic E-state index is 12.6. The zero-order valence-corrected chi connectivity index (χ0v) is 11.9. The molecule has 0 radical (unpaired) electrons. The van der Waals surface area contributed by atoms with Crippen molar-refractivity contribution < 1.29 is 13.2 Å². The Labute approximate surface area is 132 Å². The third-order valence-electron chi connectivity index (χ3n) is 2.70. The number of aromatic nitrogens is 7. The first-order valence-electron chi connectivity index (χ1n) is 6.15. The van der Waals surface area contributed by atoms with Gasteiger partial charge >= 0.3 is 6.18 Å². The van der Waals surface area contributed by atoms with Crippen LogP contribution in [0.1, 0.15) is 11.5 Å². The third-order valence-corrected chi connectivity index (χ3v) is 2.99. The average molecular weight is 342 g/mol. The second-order valence-electron chi connectivity index (χ2n) is 4.25. The van der Waals surface area contributed by atoms with Crippen molar-refractivity contribution >= 4 is 23.9 Å². The number of hydrogen-bond acceptors (Lipinski definition) is 5. The number of nitrogens with zero attached hydrogens (tertiary/aromatic N) is 7. The molecule has 0 amide bonds. The molecule has 3 aromatic rings. The highest BCUT2D eigenvalue weighted by molar-refractivity contribution is 6.32. The van der Waals surface area contributed by atoms with Crippen LogP contribution in [0.2, 0.25) is 5.02 Å². The van der Waals surface area contributed by atoms with Gasteiger partial charge < -0.3 is 0 Å². The molecule has 23 heavy (non-hydrogen) atoms. The topological polar surface area (TPSA) is 74.3 Å². The summed E-state index contributed by atoms with van der Waals surface area (Å²) in [5.74, 6) is -0.812. The van der Waals surface area contributed by atoms with E-state index in [1.165, 1.54) is 10.8 Å². The van der Waals surface area contributed by atoms with Crippen LogP contribution < -0.4 is 0 Å². The van der Waals surface area contributed by atoms with Gasteiger partial charge in [-0.2, -0.15) is 23.0 Å². The Morgan fingerprint density at radius 3 is 2.78 bits per heavy atom. The van der Waals surface area contributed by atoms with Gasteiger partial charge in [-0.05, 0) is 34.7 Å². The molecule has 0 atom stereocenters. The molecule has 3 aromatic heterocycles. The Kier molecular flexibility index (Phi) is 3.82. The molecule has 0 aliphatic heterocycles. The first-order valence-corrected chi connectivity index (χ1v) is 6.53. The van der Waals surface area contributed by atoms with Crippen molar-refractivity contribution in [1.82, 2.24) is 35.0 Å². The Bertz CT molecular complexity index is 852. The molecule has 0 aliphatic rings. The maximum Gasteiger partial charge on any atom is 0.453 e. The van der Waals surface area contributed by atoms with Crippen molar-refractivity contribution in [2.75, 3.05) is 0 Å². The molecule has 118 valence electrons. The van der Waals surface area contributed by atoms with Gasteiger partial charge in [-0.3, -0.25) is 0 Å². The molecule has 0 saturated heterocycles. The van der Waals surface area contributed by atoms with Crippen LogP contribution in [0.4, 0.5) is 13.2 Å². The molecular weight excluding hydrogens is 335 g/mol. The number of pyridine rings is 1. The molecule has 0 fully saturated rings. The molecule has 11 heteroatoms. The summed E-state index contributed by atoms with van der Waals surface area (Å²) in [4.78, 5) is 4.08. The monoisotopic (exact) mass is 341 g/mol. The predicted molar refractivity (Wildman–Crippen MR) is 74.4 cm³/mol. The number of halogens is 4. The largest absolute Gasteiger partial charge is 0.453 e. The summed E-state index contributed by atoms with van der Waals surface area (Å²) in [5.41, 5.74) is 0.385. The maximum absolute atomic E-state index is 12.6. The van der Waals surface area contributed by atoms with Crippen molar-refractivity contribution in [2.45, 2.75) is 6.18 Å². The molecule has 0 spiro atoms. The van der Waals surface area contributed by atoms with Crippen LogP contribution in [0.15, 0.2) is 30.6 Å². The number of hydrogen-bond donors (Lipinski definition) is 0. The fourth-order valence-corrected chi connectivity index (χ4v) is 1.93. The summed E-state index contributed by atoms with van der Waals surface area (Å²) in [6, 6.07) is 4.91. The highest BCUT2D eigenvalue weighted by Crippen LogP contribution is 2.26. The van der Waals surface area contributed by atoms with Gasteiger partial charge in [0.2, 0.25) is 0 Å². The smallest absolute Gasteiger partial charge is 0.236 e. The second kappa shape index (κ2) is 5.80. The minimum Gasteiger partial charge on any atom is -0.236 e. The summed E-state index contributed by atoms with van der Waals surface area (Å²) in [6.45, 7) is 0. The Balaban J connectivity index is 1.86. The first-order chi connectivity index (χ1) is 10.9.